The van der Waals surface area contributed by atoms with Crippen LogP contribution in [-0.4, -0.2) is 20.9 Å². The summed E-state index contributed by atoms with van der Waals surface area (Å²) >= 11 is 7.39. The van der Waals surface area contributed by atoms with E-state index in [-0.39, 0.29) is 17.8 Å². The second-order valence-corrected chi connectivity index (χ2v) is 8.08. The molecule has 4 aromatic rings. The van der Waals surface area contributed by atoms with Crippen molar-refractivity contribution in [3.63, 3.8) is 0 Å². The Balaban J connectivity index is 1.52. The number of nitrogens with two attached hydrogens (primary N) is 1. The quantitative estimate of drug-likeness (QED) is 0.431. The number of nitrogens with zero attached hydrogens (tertiary/aromatic N) is 3. The summed E-state index contributed by atoms with van der Waals surface area (Å²) in [5, 5.41) is 10.2. The highest BCUT2D eigenvalue weighted by Gasteiger charge is 2.16. The van der Waals surface area contributed by atoms with Crippen LogP contribution in [0, 0.1) is 11.6 Å². The zero-order valence-electron chi connectivity index (χ0n) is 15.3. The van der Waals surface area contributed by atoms with Gasteiger partial charge in [-0.3, -0.25) is 4.79 Å². The highest BCUT2D eigenvalue weighted by atomic mass is 35.5. The zero-order chi connectivity index (χ0) is 21.3. The Bertz CT molecular complexity index is 1220. The number of carbonyl (C=O) groups is 1. The molecule has 0 aliphatic carbocycles. The van der Waals surface area contributed by atoms with E-state index in [9.17, 15) is 13.6 Å². The Hall–Kier alpha value is -3.30. The molecule has 10 heteroatoms. The van der Waals surface area contributed by atoms with Crippen LogP contribution in [-0.2, 0) is 6.54 Å². The Morgan fingerprint density at radius 1 is 1.17 bits per heavy atom. The van der Waals surface area contributed by atoms with Gasteiger partial charge in [0.05, 0.1) is 28.5 Å². The number of thiophene rings is 1. The Labute approximate surface area is 178 Å². The van der Waals surface area contributed by atoms with Crippen LogP contribution in [0.25, 0.3) is 10.4 Å². The molecule has 152 valence electrons. The van der Waals surface area contributed by atoms with E-state index in [2.05, 4.69) is 15.6 Å². The maximum Gasteiger partial charge on any atom is 0.277 e. The van der Waals surface area contributed by atoms with Crippen LogP contribution in [0.5, 0.6) is 0 Å². The minimum absolute atomic E-state index is 0.0179. The van der Waals surface area contributed by atoms with E-state index in [0.29, 0.717) is 15.7 Å². The highest BCUT2D eigenvalue weighted by molar-refractivity contribution is 7.19. The first-order chi connectivity index (χ1) is 14.4. The van der Waals surface area contributed by atoms with Crippen LogP contribution in [0.1, 0.15) is 16.1 Å². The molecule has 0 bridgehead atoms. The van der Waals surface area contributed by atoms with E-state index < -0.39 is 17.5 Å². The summed E-state index contributed by atoms with van der Waals surface area (Å²) in [5.41, 5.74) is 7.41. The predicted molar refractivity (Wildman–Crippen MR) is 113 cm³/mol. The van der Waals surface area contributed by atoms with E-state index in [1.807, 2.05) is 12.1 Å². The van der Waals surface area contributed by atoms with Crippen molar-refractivity contribution in [1.82, 2.24) is 15.0 Å². The van der Waals surface area contributed by atoms with Crippen LogP contribution in [0.15, 0.2) is 54.7 Å². The van der Waals surface area contributed by atoms with Crippen LogP contribution < -0.4 is 11.1 Å². The molecule has 6 nitrogen and oxygen atoms in total. The van der Waals surface area contributed by atoms with Gasteiger partial charge in [-0.25, -0.2) is 13.5 Å². The van der Waals surface area contributed by atoms with Gasteiger partial charge in [0.2, 0.25) is 0 Å². The highest BCUT2D eigenvalue weighted by Crippen LogP contribution is 2.34. The lowest BCUT2D eigenvalue weighted by Crippen LogP contribution is -2.14. The number of carbonyl (C=O) groups excluding carboxylic acids is 1. The van der Waals surface area contributed by atoms with Gasteiger partial charge in [-0.2, -0.15) is 0 Å². The second-order valence-electron chi connectivity index (χ2n) is 6.36. The van der Waals surface area contributed by atoms with Crippen molar-refractivity contribution >= 4 is 40.2 Å². The van der Waals surface area contributed by atoms with E-state index in [0.717, 1.165) is 22.6 Å². The van der Waals surface area contributed by atoms with Gasteiger partial charge in [0.15, 0.2) is 5.69 Å². The standard InChI is InChI=1S/C20H14ClF2N5OS/c21-19-7-6-18(30-19)11-4-5-15(24)16(8-11)25-20(29)17-10-28(27-26-17)9-12-13(22)2-1-3-14(12)23/h1-8,10H,9,24H2,(H,25,29). The molecule has 30 heavy (non-hydrogen) atoms. The van der Waals surface area contributed by atoms with Crippen molar-refractivity contribution in [3.05, 3.63) is 82.0 Å². The monoisotopic (exact) mass is 445 g/mol. The van der Waals surface area contributed by atoms with Gasteiger partial charge in [0.1, 0.15) is 11.6 Å². The molecule has 0 atom stereocenters. The van der Waals surface area contributed by atoms with E-state index in [1.165, 1.54) is 28.3 Å². The summed E-state index contributed by atoms with van der Waals surface area (Å²) < 4.78 is 29.5. The summed E-state index contributed by atoms with van der Waals surface area (Å²) in [6.07, 6.45) is 1.31. The fourth-order valence-corrected chi connectivity index (χ4v) is 3.84. The summed E-state index contributed by atoms with van der Waals surface area (Å²) in [6, 6.07) is 12.5. The number of benzene rings is 2. The number of anilines is 2. The van der Waals surface area contributed by atoms with E-state index in [1.54, 1.807) is 18.2 Å². The van der Waals surface area contributed by atoms with Crippen molar-refractivity contribution in [2.24, 2.45) is 0 Å². The fraction of sp³-hybridized carbons (Fsp3) is 0.0500. The molecule has 2 aromatic heterocycles. The van der Waals surface area contributed by atoms with Crippen molar-refractivity contribution < 1.29 is 13.6 Å². The molecule has 0 fully saturated rings. The van der Waals surface area contributed by atoms with Gasteiger partial charge in [-0.05, 0) is 42.0 Å². The molecular weight excluding hydrogens is 432 g/mol. The first kappa shape index (κ1) is 20.0. The fourth-order valence-electron chi connectivity index (χ4n) is 2.80. The van der Waals surface area contributed by atoms with Crippen molar-refractivity contribution in [2.45, 2.75) is 6.54 Å². The third-order valence-electron chi connectivity index (χ3n) is 4.31. The molecule has 4 rings (SSSR count). The van der Waals surface area contributed by atoms with Gasteiger partial charge < -0.3 is 11.1 Å². The topological polar surface area (TPSA) is 85.8 Å². The average molecular weight is 446 g/mol. The molecule has 3 N–H and O–H groups in total. The number of nitrogens with one attached hydrogen (secondary N) is 1. The van der Waals surface area contributed by atoms with Gasteiger partial charge in [-0.1, -0.05) is 28.9 Å². The van der Waals surface area contributed by atoms with Crippen molar-refractivity contribution in [2.75, 3.05) is 11.1 Å². The molecule has 2 aromatic carbocycles. The molecule has 0 saturated heterocycles. The Kier molecular flexibility index (Phi) is 5.47. The second kappa shape index (κ2) is 8.21. The Morgan fingerprint density at radius 3 is 2.63 bits per heavy atom. The number of aromatic nitrogens is 3. The van der Waals surface area contributed by atoms with Crippen LogP contribution in [0.4, 0.5) is 20.2 Å². The van der Waals surface area contributed by atoms with Gasteiger partial charge in [-0.15, -0.1) is 16.4 Å². The van der Waals surface area contributed by atoms with Gasteiger partial charge in [0, 0.05) is 10.4 Å². The zero-order valence-corrected chi connectivity index (χ0v) is 16.8. The van der Waals surface area contributed by atoms with Crippen molar-refractivity contribution in [1.29, 1.82) is 0 Å². The summed E-state index contributed by atoms with van der Waals surface area (Å²) in [5.74, 6) is -1.95. The van der Waals surface area contributed by atoms with Crippen LogP contribution >= 0.6 is 22.9 Å². The first-order valence-corrected chi connectivity index (χ1v) is 9.90. The third-order valence-corrected chi connectivity index (χ3v) is 5.59. The van der Waals surface area contributed by atoms with Crippen LogP contribution in [0.3, 0.4) is 0 Å². The Morgan fingerprint density at radius 2 is 1.93 bits per heavy atom. The van der Waals surface area contributed by atoms with Gasteiger partial charge >= 0.3 is 0 Å². The average Bonchev–Trinajstić information content (AvgIpc) is 3.36. The molecule has 0 radical (unpaired) electrons. The number of amides is 1. The number of halogens is 3. The maximum absolute atomic E-state index is 13.8. The molecular formula is C20H14ClF2N5OS. The molecule has 1 amide bonds. The number of hydrogen-bond donors (Lipinski definition) is 2. The lowest BCUT2D eigenvalue weighted by molar-refractivity contribution is 0.102. The molecule has 0 saturated carbocycles. The molecule has 0 aliphatic rings. The van der Waals surface area contributed by atoms with Gasteiger partial charge in [0.25, 0.3) is 5.91 Å². The lowest BCUT2D eigenvalue weighted by Gasteiger charge is -2.09. The summed E-state index contributed by atoms with van der Waals surface area (Å²) in [4.78, 5) is 13.5. The van der Waals surface area contributed by atoms with E-state index in [4.69, 9.17) is 17.3 Å². The smallest absolute Gasteiger partial charge is 0.277 e. The van der Waals surface area contributed by atoms with E-state index >= 15 is 0 Å². The van der Waals surface area contributed by atoms with Crippen molar-refractivity contribution in [3.8, 4) is 10.4 Å². The normalized spacial score (nSPS) is 10.9. The largest absolute Gasteiger partial charge is 0.397 e. The molecule has 0 aliphatic heterocycles. The minimum Gasteiger partial charge on any atom is -0.397 e. The predicted octanol–water partition coefficient (Wildman–Crippen LogP) is 4.82. The van der Waals surface area contributed by atoms with Crippen LogP contribution in [0.2, 0.25) is 4.34 Å². The number of nitrogen functional groups attached to an aromatic ring is 1. The third kappa shape index (κ3) is 4.17. The minimum atomic E-state index is -0.699. The first-order valence-electron chi connectivity index (χ1n) is 8.70. The number of hydrogen-bond acceptors (Lipinski definition) is 5. The molecule has 0 unspecified atom stereocenters. The molecule has 0 spiro atoms. The molecule has 2 heterocycles. The lowest BCUT2D eigenvalue weighted by atomic mass is 10.1. The SMILES string of the molecule is Nc1ccc(-c2ccc(Cl)s2)cc1NC(=O)c1cn(Cc2c(F)cccc2F)nn1. The number of rotatable bonds is 5. The summed E-state index contributed by atoms with van der Waals surface area (Å²) in [6.45, 7) is -0.199. The maximum atomic E-state index is 13.8. The summed E-state index contributed by atoms with van der Waals surface area (Å²) in [7, 11) is 0.